The van der Waals surface area contributed by atoms with E-state index in [2.05, 4.69) is 34.8 Å². The molecule has 9 nitrogen and oxygen atoms in total. The van der Waals surface area contributed by atoms with E-state index in [0.29, 0.717) is 22.9 Å². The predicted octanol–water partition coefficient (Wildman–Crippen LogP) is 2.63. The summed E-state index contributed by atoms with van der Waals surface area (Å²) in [6, 6.07) is 8.70. The van der Waals surface area contributed by atoms with Crippen molar-refractivity contribution in [2.45, 2.75) is 13.1 Å². The molecule has 2 aromatic rings. The third kappa shape index (κ3) is 11.4. The second-order valence-electron chi connectivity index (χ2n) is 5.19. The third-order valence-electron chi connectivity index (χ3n) is 2.93. The van der Waals surface area contributed by atoms with Gasteiger partial charge in [-0.2, -0.15) is 0 Å². The number of carbonyl (C=O) groups is 2. The molecule has 0 spiro atoms. The number of rotatable bonds is 6. The van der Waals surface area contributed by atoms with Crippen molar-refractivity contribution in [2.24, 2.45) is 0 Å². The van der Waals surface area contributed by atoms with Crippen LogP contribution in [0.15, 0.2) is 42.6 Å². The molecule has 2 rings (SSSR count). The van der Waals surface area contributed by atoms with E-state index in [1.54, 1.807) is 12.1 Å². The Hall–Kier alpha value is -1.75. The normalized spacial score (nSPS) is 12.6. The van der Waals surface area contributed by atoms with Gasteiger partial charge in [-0.15, -0.1) is 0 Å². The average molecular weight is 574 g/mol. The van der Waals surface area contributed by atoms with Crippen LogP contribution in [-0.4, -0.2) is 53.3 Å². The van der Waals surface area contributed by atoms with E-state index in [1.807, 2.05) is 0 Å². The molecule has 0 saturated heterocycles. The number of anilines is 1. The standard InChI is InChI=1S/C8H10AsNO5.C7H6BrClFN.C2H4O2/c1-6(11)10-8-4-2-7(3-5-8)9(12,13)15-14;8-3-6(10)7-2-1-5(9)4-11-7;1-4-2-3/h2-5,14H,1H3,(H,10,11)(H,12,13);1-2,4,6H,3H2;2H,1H3. The fourth-order valence-electron chi connectivity index (χ4n) is 1.64. The van der Waals surface area contributed by atoms with Crippen molar-refractivity contribution in [3.05, 3.63) is 53.3 Å². The van der Waals surface area contributed by atoms with Crippen LogP contribution < -0.4 is 9.67 Å². The van der Waals surface area contributed by atoms with Gasteiger partial charge in [-0.3, -0.25) is 9.78 Å². The molecule has 1 heterocycles. The van der Waals surface area contributed by atoms with Crippen LogP contribution in [0.4, 0.5) is 10.1 Å². The number of alkyl halides is 2. The van der Waals surface area contributed by atoms with Crippen molar-refractivity contribution in [1.82, 2.24) is 4.98 Å². The number of nitrogens with zero attached hydrogens (tertiary/aromatic N) is 1. The van der Waals surface area contributed by atoms with Crippen LogP contribution in [0.25, 0.3) is 0 Å². The van der Waals surface area contributed by atoms with Gasteiger partial charge in [0.2, 0.25) is 0 Å². The van der Waals surface area contributed by atoms with E-state index in [9.17, 15) is 12.9 Å². The maximum Gasteiger partial charge on any atom is 0.292 e. The Morgan fingerprint density at radius 3 is 2.30 bits per heavy atom. The zero-order chi connectivity index (χ0) is 23.2. The number of carbonyl (C=O) groups excluding carboxylic acids is 2. The number of pyridine rings is 1. The molecule has 2 atom stereocenters. The van der Waals surface area contributed by atoms with Crippen LogP contribution in [0, 0.1) is 0 Å². The minimum atomic E-state index is -4.76. The second kappa shape index (κ2) is 15.1. The number of amides is 1. The largest absolute Gasteiger partial charge is 0.471 e. The summed E-state index contributed by atoms with van der Waals surface area (Å²) in [5, 5.41) is 11.5. The smallest absolute Gasteiger partial charge is 0.292 e. The molecule has 0 bridgehead atoms. The Morgan fingerprint density at radius 2 is 1.93 bits per heavy atom. The van der Waals surface area contributed by atoms with Crippen molar-refractivity contribution in [2.75, 3.05) is 17.8 Å². The number of hydrogen-bond donors (Lipinski definition) is 3. The Morgan fingerprint density at radius 1 is 1.37 bits per heavy atom. The van der Waals surface area contributed by atoms with Gasteiger partial charge >= 0.3 is 88.4 Å². The fourth-order valence-corrected chi connectivity index (χ4v) is 3.38. The first kappa shape index (κ1) is 28.2. The summed E-state index contributed by atoms with van der Waals surface area (Å²) in [4.78, 5) is 23.4. The Balaban J connectivity index is 0.000000491. The topological polar surface area (TPSA) is 135 Å². The van der Waals surface area contributed by atoms with Crippen molar-refractivity contribution >= 4 is 64.1 Å². The summed E-state index contributed by atoms with van der Waals surface area (Å²) in [5.74, 6) is -0.237. The van der Waals surface area contributed by atoms with E-state index in [-0.39, 0.29) is 15.6 Å². The molecule has 0 saturated carbocycles. The van der Waals surface area contributed by atoms with Gasteiger partial charge in [0.05, 0.1) is 17.8 Å². The number of methoxy groups -OCH3 is 1. The first-order chi connectivity index (χ1) is 14.1. The molecule has 0 aliphatic carbocycles. The zero-order valence-electron chi connectivity index (χ0n) is 15.9. The van der Waals surface area contributed by atoms with E-state index in [4.69, 9.17) is 25.7 Å². The van der Waals surface area contributed by atoms with Crippen LogP contribution in [0.3, 0.4) is 0 Å². The number of hydrogen-bond acceptors (Lipinski definition) is 7. The number of nitrogens with one attached hydrogen (secondary N) is 1. The first-order valence-corrected chi connectivity index (χ1v) is 12.7. The van der Waals surface area contributed by atoms with Crippen LogP contribution in [-0.2, 0) is 21.9 Å². The molecule has 0 aliphatic heterocycles. The van der Waals surface area contributed by atoms with Crippen LogP contribution >= 0.6 is 27.5 Å². The molecular formula is C17H20AsBrClFN2O7. The van der Waals surface area contributed by atoms with Gasteiger partial charge in [0, 0.05) is 11.5 Å². The van der Waals surface area contributed by atoms with Crippen LogP contribution in [0.2, 0.25) is 5.02 Å². The van der Waals surface area contributed by atoms with Gasteiger partial charge in [0.25, 0.3) is 6.47 Å². The molecule has 30 heavy (non-hydrogen) atoms. The Kier molecular flexibility index (Phi) is 14.2. The molecule has 0 radical (unpaired) electrons. The molecule has 2 unspecified atom stereocenters. The molecule has 0 fully saturated rings. The Labute approximate surface area is 188 Å². The maximum atomic E-state index is 12.8. The summed E-state index contributed by atoms with van der Waals surface area (Å²) >= 11 is 3.82. The van der Waals surface area contributed by atoms with Gasteiger partial charge < -0.3 is 4.74 Å². The van der Waals surface area contributed by atoms with Crippen molar-refractivity contribution in [3.8, 4) is 0 Å². The fraction of sp³-hybridized carbons (Fsp3) is 0.235. The van der Waals surface area contributed by atoms with Gasteiger partial charge in [0.15, 0.2) is 6.17 Å². The molecule has 1 aromatic carbocycles. The maximum absolute atomic E-state index is 12.8. The first-order valence-electron chi connectivity index (χ1n) is 7.93. The predicted molar refractivity (Wildman–Crippen MR) is 113 cm³/mol. The van der Waals surface area contributed by atoms with Crippen molar-refractivity contribution in [1.29, 1.82) is 0 Å². The third-order valence-corrected chi connectivity index (χ3v) is 6.18. The summed E-state index contributed by atoms with van der Waals surface area (Å²) in [7, 11) is 1.31. The monoisotopic (exact) mass is 572 g/mol. The Bertz CT molecular complexity index is 828. The number of ether oxygens (including phenoxy) is 1. The quantitative estimate of drug-likeness (QED) is 0.158. The number of aromatic nitrogens is 1. The van der Waals surface area contributed by atoms with E-state index in [0.717, 1.165) is 0 Å². The van der Waals surface area contributed by atoms with Gasteiger partial charge in [0.1, 0.15) is 0 Å². The average Bonchev–Trinajstić information content (AvgIpc) is 2.74. The van der Waals surface area contributed by atoms with Gasteiger partial charge in [-0.05, 0) is 12.1 Å². The minimum absolute atomic E-state index is 0.00438. The summed E-state index contributed by atoms with van der Waals surface area (Å²) in [5.41, 5.74) is 0.908. The van der Waals surface area contributed by atoms with Crippen molar-refractivity contribution < 1.29 is 35.7 Å². The van der Waals surface area contributed by atoms with E-state index in [1.165, 1.54) is 44.5 Å². The molecular weight excluding hydrogens is 553 g/mol. The van der Waals surface area contributed by atoms with Gasteiger partial charge in [-0.25, -0.2) is 4.39 Å². The molecule has 0 aliphatic rings. The summed E-state index contributed by atoms with van der Waals surface area (Å²) in [6.45, 7) is 1.73. The van der Waals surface area contributed by atoms with E-state index >= 15 is 0 Å². The van der Waals surface area contributed by atoms with E-state index < -0.39 is 20.3 Å². The molecule has 166 valence electrons. The van der Waals surface area contributed by atoms with Crippen LogP contribution in [0.1, 0.15) is 18.8 Å². The minimum Gasteiger partial charge on any atom is -0.471 e. The van der Waals surface area contributed by atoms with Crippen LogP contribution in [0.5, 0.6) is 0 Å². The van der Waals surface area contributed by atoms with Crippen molar-refractivity contribution in [3.63, 3.8) is 0 Å². The molecule has 3 N–H and O–H groups in total. The second-order valence-corrected chi connectivity index (χ2v) is 9.88. The number of halogens is 3. The molecule has 1 aromatic heterocycles. The summed E-state index contributed by atoms with van der Waals surface area (Å²) < 4.78 is 40.5. The molecule has 1 amide bonds. The van der Waals surface area contributed by atoms with Gasteiger partial charge in [-0.1, -0.05) is 27.5 Å². The molecule has 13 heteroatoms. The SMILES string of the molecule is CC(=O)Nc1ccc([As](=O)(O)OO)cc1.COC=O.FC(CBr)c1ccc(Cl)cn1. The zero-order valence-corrected chi connectivity index (χ0v) is 20.1. The summed E-state index contributed by atoms with van der Waals surface area (Å²) in [6.07, 6.45) is 0.388. The number of benzene rings is 1.